The van der Waals surface area contributed by atoms with Crippen molar-refractivity contribution in [2.24, 2.45) is 0 Å². The van der Waals surface area contributed by atoms with E-state index in [-0.39, 0.29) is 0 Å². The van der Waals surface area contributed by atoms with Crippen molar-refractivity contribution in [2.45, 2.75) is 0 Å². The van der Waals surface area contributed by atoms with E-state index < -0.39 is 0 Å². The van der Waals surface area contributed by atoms with E-state index >= 15 is 0 Å². The van der Waals surface area contributed by atoms with Gasteiger partial charge in [0.25, 0.3) is 0 Å². The van der Waals surface area contributed by atoms with Crippen molar-refractivity contribution in [2.75, 3.05) is 0 Å². The minimum atomic E-state index is 0.894. The highest BCUT2D eigenvalue weighted by Crippen LogP contribution is 2.37. The zero-order valence-electron chi connectivity index (χ0n) is 15.3. The summed E-state index contributed by atoms with van der Waals surface area (Å²) < 4.78 is 2.18. The number of hydrogen-bond acceptors (Lipinski definition) is 1. The first-order chi connectivity index (χ1) is 13.9. The number of nitrogens with zero attached hydrogens (tertiary/aromatic N) is 2. The monoisotopic (exact) mass is 361 g/mol. The lowest BCUT2D eigenvalue weighted by molar-refractivity contribution is 1.06. The fourth-order valence-electron chi connectivity index (χ4n) is 3.66. The standard InChI is InChI=1S/C25H19N3/c1-3-9-19(10-4-1)21-13-7-14-22(20-11-5-2-6-12-20)24(21)28-18-17-27-25(28)23-15-8-16-26-23/h1-18,26H. The number of imidazole rings is 1. The molecule has 3 aromatic carbocycles. The molecule has 0 spiro atoms. The van der Waals surface area contributed by atoms with Crippen molar-refractivity contribution in [3.8, 4) is 39.5 Å². The van der Waals surface area contributed by atoms with Gasteiger partial charge in [0, 0.05) is 29.7 Å². The molecule has 0 radical (unpaired) electrons. The average molecular weight is 361 g/mol. The van der Waals surface area contributed by atoms with E-state index in [1.165, 1.54) is 22.3 Å². The van der Waals surface area contributed by atoms with Crippen LogP contribution >= 0.6 is 0 Å². The van der Waals surface area contributed by atoms with Gasteiger partial charge in [0.1, 0.15) is 0 Å². The third-order valence-corrected chi connectivity index (χ3v) is 4.93. The summed E-state index contributed by atoms with van der Waals surface area (Å²) in [5.41, 5.74) is 6.83. The second-order valence-electron chi connectivity index (χ2n) is 6.64. The number of nitrogens with one attached hydrogen (secondary N) is 1. The van der Waals surface area contributed by atoms with Crippen LogP contribution in [0.5, 0.6) is 0 Å². The van der Waals surface area contributed by atoms with Gasteiger partial charge < -0.3 is 4.98 Å². The van der Waals surface area contributed by atoms with Gasteiger partial charge in [-0.05, 0) is 23.3 Å². The van der Waals surface area contributed by atoms with Gasteiger partial charge in [0.15, 0.2) is 5.82 Å². The molecule has 0 saturated carbocycles. The van der Waals surface area contributed by atoms with Crippen LogP contribution in [0.2, 0.25) is 0 Å². The van der Waals surface area contributed by atoms with Gasteiger partial charge in [-0.2, -0.15) is 0 Å². The van der Waals surface area contributed by atoms with Crippen molar-refractivity contribution in [1.29, 1.82) is 0 Å². The van der Waals surface area contributed by atoms with Crippen LogP contribution in [-0.2, 0) is 0 Å². The molecule has 0 unspecified atom stereocenters. The first kappa shape index (κ1) is 16.3. The molecule has 0 bridgehead atoms. The first-order valence-electron chi connectivity index (χ1n) is 9.33. The zero-order valence-corrected chi connectivity index (χ0v) is 15.3. The molecule has 3 heteroatoms. The molecule has 0 aliphatic rings. The number of aromatic amines is 1. The average Bonchev–Trinajstić information content (AvgIpc) is 3.46. The molecule has 5 aromatic rings. The van der Waals surface area contributed by atoms with Crippen molar-refractivity contribution in [3.05, 3.63) is 110 Å². The molecule has 3 nitrogen and oxygen atoms in total. The summed E-state index contributed by atoms with van der Waals surface area (Å²) in [4.78, 5) is 7.92. The molecule has 134 valence electrons. The summed E-state index contributed by atoms with van der Waals surface area (Å²) in [6.45, 7) is 0. The second kappa shape index (κ2) is 7.05. The summed E-state index contributed by atoms with van der Waals surface area (Å²) in [6, 6.07) is 31.5. The highest BCUT2D eigenvalue weighted by atomic mass is 15.1. The summed E-state index contributed by atoms with van der Waals surface area (Å²) >= 11 is 0. The van der Waals surface area contributed by atoms with Crippen molar-refractivity contribution < 1.29 is 0 Å². The Morgan fingerprint density at radius 3 is 1.86 bits per heavy atom. The third kappa shape index (κ3) is 2.83. The van der Waals surface area contributed by atoms with Gasteiger partial charge in [0.05, 0.1) is 11.4 Å². The van der Waals surface area contributed by atoms with Crippen LogP contribution in [0.4, 0.5) is 0 Å². The lowest BCUT2D eigenvalue weighted by Gasteiger charge is -2.18. The number of benzene rings is 3. The van der Waals surface area contributed by atoms with Crippen molar-refractivity contribution in [1.82, 2.24) is 14.5 Å². The molecule has 0 fully saturated rings. The molecule has 0 aliphatic heterocycles. The molecule has 2 aromatic heterocycles. The molecular formula is C25H19N3. The zero-order chi connectivity index (χ0) is 18.8. The van der Waals surface area contributed by atoms with E-state index in [4.69, 9.17) is 0 Å². The van der Waals surface area contributed by atoms with Gasteiger partial charge in [-0.25, -0.2) is 4.98 Å². The Labute approximate surface area is 164 Å². The van der Waals surface area contributed by atoms with E-state index in [2.05, 4.69) is 81.3 Å². The predicted octanol–water partition coefficient (Wildman–Crippen LogP) is 6.20. The minimum Gasteiger partial charge on any atom is -0.359 e. The van der Waals surface area contributed by atoms with Gasteiger partial charge in [-0.15, -0.1) is 0 Å². The summed E-state index contributed by atoms with van der Waals surface area (Å²) in [5, 5.41) is 0. The highest BCUT2D eigenvalue weighted by molar-refractivity contribution is 5.86. The van der Waals surface area contributed by atoms with E-state index in [0.29, 0.717) is 0 Å². The lowest BCUT2D eigenvalue weighted by atomic mass is 9.95. The topological polar surface area (TPSA) is 33.6 Å². The number of hydrogen-bond donors (Lipinski definition) is 1. The summed E-state index contributed by atoms with van der Waals surface area (Å²) in [6.07, 6.45) is 5.81. The largest absolute Gasteiger partial charge is 0.359 e. The predicted molar refractivity (Wildman–Crippen MR) is 114 cm³/mol. The fourth-order valence-corrected chi connectivity index (χ4v) is 3.66. The molecule has 2 heterocycles. The van der Waals surface area contributed by atoms with Gasteiger partial charge in [0.2, 0.25) is 0 Å². The Bertz CT molecular complexity index is 1130. The molecule has 5 rings (SSSR count). The number of rotatable bonds is 4. The molecule has 1 N–H and O–H groups in total. The van der Waals surface area contributed by atoms with Crippen LogP contribution < -0.4 is 0 Å². The van der Waals surface area contributed by atoms with E-state index in [1.807, 2.05) is 42.9 Å². The van der Waals surface area contributed by atoms with Crippen LogP contribution in [0.25, 0.3) is 39.5 Å². The Kier molecular flexibility index (Phi) is 4.11. The van der Waals surface area contributed by atoms with E-state index in [0.717, 1.165) is 17.2 Å². The fraction of sp³-hybridized carbons (Fsp3) is 0. The smallest absolute Gasteiger partial charge is 0.161 e. The Morgan fingerprint density at radius 1 is 0.643 bits per heavy atom. The molecule has 28 heavy (non-hydrogen) atoms. The molecule has 0 amide bonds. The van der Waals surface area contributed by atoms with Crippen LogP contribution in [-0.4, -0.2) is 14.5 Å². The second-order valence-corrected chi connectivity index (χ2v) is 6.64. The lowest BCUT2D eigenvalue weighted by Crippen LogP contribution is -2.02. The maximum atomic E-state index is 4.64. The number of H-pyrrole nitrogens is 1. The number of aromatic nitrogens is 3. The first-order valence-corrected chi connectivity index (χ1v) is 9.33. The normalized spacial score (nSPS) is 10.9. The van der Waals surface area contributed by atoms with Crippen LogP contribution in [0.3, 0.4) is 0 Å². The third-order valence-electron chi connectivity index (χ3n) is 4.93. The SMILES string of the molecule is c1ccc(-c2cccc(-c3ccccc3)c2-n2ccnc2-c2ccc[nH]2)cc1. The Hall–Kier alpha value is -3.85. The summed E-state index contributed by atoms with van der Waals surface area (Å²) in [5.74, 6) is 0.894. The van der Waals surface area contributed by atoms with Crippen LogP contribution in [0.1, 0.15) is 0 Å². The van der Waals surface area contributed by atoms with Gasteiger partial charge >= 0.3 is 0 Å². The van der Waals surface area contributed by atoms with Gasteiger partial charge in [-0.1, -0.05) is 78.9 Å². The minimum absolute atomic E-state index is 0.894. The van der Waals surface area contributed by atoms with Crippen LogP contribution in [0.15, 0.2) is 110 Å². The van der Waals surface area contributed by atoms with Crippen molar-refractivity contribution in [3.63, 3.8) is 0 Å². The van der Waals surface area contributed by atoms with Gasteiger partial charge in [-0.3, -0.25) is 4.57 Å². The number of para-hydroxylation sites is 1. The van der Waals surface area contributed by atoms with Crippen molar-refractivity contribution >= 4 is 0 Å². The Balaban J connectivity index is 1.82. The molecule has 0 saturated heterocycles. The molecule has 0 atom stereocenters. The molecular weight excluding hydrogens is 342 g/mol. The highest BCUT2D eigenvalue weighted by Gasteiger charge is 2.17. The maximum Gasteiger partial charge on any atom is 0.161 e. The maximum absolute atomic E-state index is 4.64. The summed E-state index contributed by atoms with van der Waals surface area (Å²) in [7, 11) is 0. The quantitative estimate of drug-likeness (QED) is 0.406. The van der Waals surface area contributed by atoms with E-state index in [1.54, 1.807) is 0 Å². The van der Waals surface area contributed by atoms with E-state index in [9.17, 15) is 0 Å². The molecule has 0 aliphatic carbocycles. The Morgan fingerprint density at radius 2 is 1.29 bits per heavy atom. The van der Waals surface area contributed by atoms with Crippen LogP contribution in [0, 0.1) is 0 Å².